The van der Waals surface area contributed by atoms with E-state index in [2.05, 4.69) is 13.8 Å². The maximum atomic E-state index is 12.3. The van der Waals surface area contributed by atoms with Gasteiger partial charge in [-0.05, 0) is 12.8 Å². The molecule has 0 radical (unpaired) electrons. The van der Waals surface area contributed by atoms with Crippen LogP contribution in [-0.4, -0.2) is 18.5 Å². The van der Waals surface area contributed by atoms with Crippen LogP contribution in [0.3, 0.4) is 0 Å². The lowest BCUT2D eigenvalue weighted by atomic mass is 9.99. The average Bonchev–Trinajstić information content (AvgIpc) is 2.80. The van der Waals surface area contributed by atoms with Crippen molar-refractivity contribution in [3.63, 3.8) is 0 Å². The van der Waals surface area contributed by atoms with E-state index in [4.69, 9.17) is 4.74 Å². The summed E-state index contributed by atoms with van der Waals surface area (Å²) in [6.45, 7) is 9.44. The standard InChI is InChI=1S/C31H62O2/c1-5-7-9-11-13-15-16-17-19-21-23-25-27-33-30(28-31(32)29(3)4)26-24-22-20-18-14-12-10-8-6-2/h29-30H,5-28H2,1-4H3. The van der Waals surface area contributed by atoms with E-state index in [0.29, 0.717) is 12.2 Å². The normalized spacial score (nSPS) is 12.5. The molecule has 2 nitrogen and oxygen atoms in total. The molecule has 0 rings (SSSR count). The molecule has 0 aromatic heterocycles. The molecule has 2 heteroatoms. The van der Waals surface area contributed by atoms with Crippen molar-refractivity contribution in [2.24, 2.45) is 5.92 Å². The van der Waals surface area contributed by atoms with Gasteiger partial charge in [-0.2, -0.15) is 0 Å². The molecule has 0 aromatic rings. The van der Waals surface area contributed by atoms with E-state index in [1.165, 1.54) is 128 Å². The molecule has 1 atom stereocenters. The number of Topliss-reactive ketones (excluding diaryl/α,β-unsaturated/α-hetero) is 1. The lowest BCUT2D eigenvalue weighted by Crippen LogP contribution is -2.21. The summed E-state index contributed by atoms with van der Waals surface area (Å²) >= 11 is 0. The first-order chi connectivity index (χ1) is 16.1. The van der Waals surface area contributed by atoms with Gasteiger partial charge in [0.15, 0.2) is 0 Å². The minimum atomic E-state index is 0.130. The highest BCUT2D eigenvalue weighted by Crippen LogP contribution is 2.17. The van der Waals surface area contributed by atoms with Crippen LogP contribution in [0.15, 0.2) is 0 Å². The van der Waals surface area contributed by atoms with Crippen LogP contribution in [0, 0.1) is 5.92 Å². The SMILES string of the molecule is CCCCCCCCCCCCCCOC(CCCCCCCCCCC)CC(=O)C(C)C. The number of rotatable bonds is 27. The molecule has 0 saturated heterocycles. The summed E-state index contributed by atoms with van der Waals surface area (Å²) in [6, 6.07) is 0. The summed E-state index contributed by atoms with van der Waals surface area (Å²) < 4.78 is 6.21. The molecule has 0 amide bonds. The first-order valence-corrected chi connectivity index (χ1v) is 15.3. The number of hydrogen-bond donors (Lipinski definition) is 0. The molecule has 0 N–H and O–H groups in total. The molecule has 1 unspecified atom stereocenters. The van der Waals surface area contributed by atoms with Crippen LogP contribution in [0.4, 0.5) is 0 Å². The van der Waals surface area contributed by atoms with Crippen molar-refractivity contribution in [1.29, 1.82) is 0 Å². The number of unbranched alkanes of at least 4 members (excludes halogenated alkanes) is 19. The molecule has 0 aliphatic rings. The largest absolute Gasteiger partial charge is 0.378 e. The highest BCUT2D eigenvalue weighted by molar-refractivity contribution is 5.80. The number of ketones is 1. The van der Waals surface area contributed by atoms with E-state index in [1.54, 1.807) is 0 Å². The van der Waals surface area contributed by atoms with E-state index in [0.717, 1.165) is 19.4 Å². The first kappa shape index (κ1) is 32.6. The van der Waals surface area contributed by atoms with Gasteiger partial charge in [0.1, 0.15) is 5.78 Å². The minimum Gasteiger partial charge on any atom is -0.378 e. The Bertz CT molecular complexity index is 390. The molecule has 0 aromatic carbocycles. The molecule has 0 saturated carbocycles. The van der Waals surface area contributed by atoms with Gasteiger partial charge < -0.3 is 4.74 Å². The molecular weight excluding hydrogens is 404 g/mol. The molecule has 0 bridgehead atoms. The lowest BCUT2D eigenvalue weighted by molar-refractivity contribution is -0.125. The van der Waals surface area contributed by atoms with E-state index >= 15 is 0 Å². The van der Waals surface area contributed by atoms with Crippen LogP contribution in [0.2, 0.25) is 0 Å². The highest BCUT2D eigenvalue weighted by atomic mass is 16.5. The van der Waals surface area contributed by atoms with E-state index in [9.17, 15) is 4.79 Å². The third-order valence-corrected chi connectivity index (χ3v) is 7.05. The summed E-state index contributed by atoms with van der Waals surface area (Å²) in [6.07, 6.45) is 30.4. The van der Waals surface area contributed by atoms with Gasteiger partial charge in [0.25, 0.3) is 0 Å². The molecule has 0 fully saturated rings. The van der Waals surface area contributed by atoms with Gasteiger partial charge in [0.2, 0.25) is 0 Å². The first-order valence-electron chi connectivity index (χ1n) is 15.3. The predicted molar refractivity (Wildman–Crippen MR) is 147 cm³/mol. The van der Waals surface area contributed by atoms with Crippen LogP contribution in [0.1, 0.15) is 175 Å². The third-order valence-electron chi connectivity index (χ3n) is 7.05. The van der Waals surface area contributed by atoms with E-state index in [-0.39, 0.29) is 12.0 Å². The van der Waals surface area contributed by atoms with Crippen LogP contribution in [0.25, 0.3) is 0 Å². The van der Waals surface area contributed by atoms with Crippen LogP contribution < -0.4 is 0 Å². The Morgan fingerprint density at radius 3 is 1.30 bits per heavy atom. The second kappa shape index (κ2) is 26.2. The zero-order valence-electron chi connectivity index (χ0n) is 23.4. The minimum absolute atomic E-state index is 0.130. The Morgan fingerprint density at radius 1 is 0.545 bits per heavy atom. The van der Waals surface area contributed by atoms with Crippen molar-refractivity contribution in [3.05, 3.63) is 0 Å². The molecule has 0 aliphatic carbocycles. The van der Waals surface area contributed by atoms with Gasteiger partial charge in [-0.3, -0.25) is 4.79 Å². The van der Waals surface area contributed by atoms with Gasteiger partial charge in [-0.15, -0.1) is 0 Å². The van der Waals surface area contributed by atoms with Crippen LogP contribution in [-0.2, 0) is 9.53 Å². The number of carbonyl (C=O) groups is 1. The fourth-order valence-electron chi connectivity index (χ4n) is 4.58. The van der Waals surface area contributed by atoms with Crippen molar-refractivity contribution in [2.45, 2.75) is 181 Å². The fraction of sp³-hybridized carbons (Fsp3) is 0.968. The van der Waals surface area contributed by atoms with Crippen molar-refractivity contribution < 1.29 is 9.53 Å². The second-order valence-corrected chi connectivity index (χ2v) is 10.8. The Hall–Kier alpha value is -0.370. The Balaban J connectivity index is 3.75. The summed E-state index contributed by atoms with van der Waals surface area (Å²) in [5, 5.41) is 0. The van der Waals surface area contributed by atoms with Crippen LogP contribution in [0.5, 0.6) is 0 Å². The van der Waals surface area contributed by atoms with Crippen LogP contribution >= 0.6 is 0 Å². The van der Waals surface area contributed by atoms with E-state index in [1.807, 2.05) is 13.8 Å². The Morgan fingerprint density at radius 2 is 0.909 bits per heavy atom. The van der Waals surface area contributed by atoms with E-state index < -0.39 is 0 Å². The molecule has 33 heavy (non-hydrogen) atoms. The predicted octanol–water partition coefficient (Wildman–Crippen LogP) is 10.6. The van der Waals surface area contributed by atoms with Crippen molar-refractivity contribution in [3.8, 4) is 0 Å². The van der Waals surface area contributed by atoms with Crippen molar-refractivity contribution >= 4 is 5.78 Å². The summed E-state index contributed by atoms with van der Waals surface area (Å²) in [5.41, 5.74) is 0. The Kier molecular flexibility index (Phi) is 25.9. The molecule has 0 aliphatic heterocycles. The third kappa shape index (κ3) is 24.6. The highest BCUT2D eigenvalue weighted by Gasteiger charge is 2.16. The quantitative estimate of drug-likeness (QED) is 0.112. The number of hydrogen-bond acceptors (Lipinski definition) is 2. The lowest BCUT2D eigenvalue weighted by Gasteiger charge is -2.18. The van der Waals surface area contributed by atoms with Crippen molar-refractivity contribution in [1.82, 2.24) is 0 Å². The van der Waals surface area contributed by atoms with Gasteiger partial charge >= 0.3 is 0 Å². The smallest absolute Gasteiger partial charge is 0.138 e. The summed E-state index contributed by atoms with van der Waals surface area (Å²) in [4.78, 5) is 12.3. The molecule has 198 valence electrons. The van der Waals surface area contributed by atoms with Gasteiger partial charge in [-0.25, -0.2) is 0 Å². The molecular formula is C31H62O2. The summed E-state index contributed by atoms with van der Waals surface area (Å²) in [7, 11) is 0. The monoisotopic (exact) mass is 466 g/mol. The maximum absolute atomic E-state index is 12.3. The number of carbonyl (C=O) groups excluding carboxylic acids is 1. The maximum Gasteiger partial charge on any atom is 0.138 e. The molecule has 0 heterocycles. The number of ether oxygens (including phenoxy) is 1. The molecule has 0 spiro atoms. The average molecular weight is 467 g/mol. The fourth-order valence-corrected chi connectivity index (χ4v) is 4.58. The summed E-state index contributed by atoms with van der Waals surface area (Å²) in [5.74, 6) is 0.497. The Labute approximate surface area is 209 Å². The zero-order chi connectivity index (χ0) is 24.4. The van der Waals surface area contributed by atoms with Gasteiger partial charge in [0, 0.05) is 18.9 Å². The topological polar surface area (TPSA) is 26.3 Å². The van der Waals surface area contributed by atoms with Crippen molar-refractivity contribution in [2.75, 3.05) is 6.61 Å². The van der Waals surface area contributed by atoms with Gasteiger partial charge in [-0.1, -0.05) is 156 Å². The van der Waals surface area contributed by atoms with Gasteiger partial charge in [0.05, 0.1) is 6.10 Å². The second-order valence-electron chi connectivity index (χ2n) is 10.8. The zero-order valence-corrected chi connectivity index (χ0v) is 23.4.